The Morgan fingerprint density at radius 1 is 1.19 bits per heavy atom. The van der Waals surface area contributed by atoms with E-state index in [-0.39, 0.29) is 68.4 Å². The van der Waals surface area contributed by atoms with E-state index in [2.05, 4.69) is 10.3 Å². The van der Waals surface area contributed by atoms with Crippen LogP contribution in [0, 0.1) is 17.5 Å². The maximum atomic E-state index is 13.8. The lowest BCUT2D eigenvalue weighted by atomic mass is 10.0. The Morgan fingerprint density at radius 3 is 2.47 bits per heavy atom. The lowest BCUT2D eigenvalue weighted by Gasteiger charge is -2.30. The van der Waals surface area contributed by atoms with Crippen molar-refractivity contribution < 1.29 is 35.9 Å². The SMILES string of the molecule is Cl.N[C@@H](CC(=O)N1CCn2c(C(F)(F)F)nc(NC=O)c2C1)Cc1cc(F)c(F)cc1F. The number of fused-ring (bicyclic) bond motifs is 1. The summed E-state index contributed by atoms with van der Waals surface area (Å²) in [5.41, 5.74) is 5.64. The Labute approximate surface area is 184 Å². The molecule has 0 spiro atoms. The summed E-state index contributed by atoms with van der Waals surface area (Å²) in [6.45, 7) is -0.543. The van der Waals surface area contributed by atoms with Gasteiger partial charge in [0.1, 0.15) is 5.82 Å². The molecule has 0 saturated carbocycles. The predicted molar refractivity (Wildman–Crippen MR) is 102 cm³/mol. The summed E-state index contributed by atoms with van der Waals surface area (Å²) in [7, 11) is 0. The molecule has 2 heterocycles. The second-order valence-corrected chi connectivity index (χ2v) is 6.98. The van der Waals surface area contributed by atoms with Gasteiger partial charge in [-0.25, -0.2) is 18.2 Å². The van der Waals surface area contributed by atoms with Gasteiger partial charge >= 0.3 is 6.18 Å². The minimum atomic E-state index is -4.75. The van der Waals surface area contributed by atoms with Crippen molar-refractivity contribution in [2.45, 2.75) is 38.1 Å². The molecule has 1 aliphatic heterocycles. The zero-order valence-electron chi connectivity index (χ0n) is 16.3. The first-order chi connectivity index (χ1) is 14.5. The van der Waals surface area contributed by atoms with Crippen molar-refractivity contribution in [3.63, 3.8) is 0 Å². The van der Waals surface area contributed by atoms with Gasteiger partial charge in [-0.1, -0.05) is 0 Å². The number of nitrogens with one attached hydrogen (secondary N) is 1. The Balaban J connectivity index is 0.00000363. The highest BCUT2D eigenvalue weighted by Crippen LogP contribution is 2.34. The molecule has 1 atom stereocenters. The van der Waals surface area contributed by atoms with Crippen LogP contribution in [0.2, 0.25) is 0 Å². The summed E-state index contributed by atoms with van der Waals surface area (Å²) >= 11 is 0. The number of nitrogens with zero attached hydrogens (tertiary/aromatic N) is 3. The van der Waals surface area contributed by atoms with E-state index < -0.39 is 41.4 Å². The number of carbonyl (C=O) groups is 2. The molecule has 7 nitrogen and oxygen atoms in total. The first kappa shape index (κ1) is 25.5. The van der Waals surface area contributed by atoms with Crippen molar-refractivity contribution in [3.8, 4) is 0 Å². The van der Waals surface area contributed by atoms with Gasteiger partial charge in [0.05, 0.1) is 12.2 Å². The summed E-state index contributed by atoms with van der Waals surface area (Å²) in [4.78, 5) is 27.9. The second kappa shape index (κ2) is 9.77. The van der Waals surface area contributed by atoms with Crippen LogP contribution in [0.15, 0.2) is 12.1 Å². The molecule has 0 radical (unpaired) electrons. The monoisotopic (exact) mass is 485 g/mol. The number of hydrogen-bond donors (Lipinski definition) is 2. The van der Waals surface area contributed by atoms with Crippen molar-refractivity contribution in [1.82, 2.24) is 14.5 Å². The molecular formula is C18H18ClF6N5O2. The van der Waals surface area contributed by atoms with Crippen molar-refractivity contribution in [2.75, 3.05) is 11.9 Å². The van der Waals surface area contributed by atoms with Gasteiger partial charge in [0, 0.05) is 31.6 Å². The molecule has 0 bridgehead atoms. The second-order valence-electron chi connectivity index (χ2n) is 6.98. The van der Waals surface area contributed by atoms with E-state index >= 15 is 0 Å². The number of anilines is 1. The smallest absolute Gasteiger partial charge is 0.335 e. The van der Waals surface area contributed by atoms with Gasteiger partial charge in [-0.3, -0.25) is 9.59 Å². The van der Waals surface area contributed by atoms with Crippen LogP contribution in [0.25, 0.3) is 0 Å². The van der Waals surface area contributed by atoms with Crippen molar-refractivity contribution in [3.05, 3.63) is 46.7 Å². The summed E-state index contributed by atoms with van der Waals surface area (Å²) in [6.07, 6.45) is -5.14. The zero-order valence-corrected chi connectivity index (χ0v) is 17.1. The first-order valence-corrected chi connectivity index (χ1v) is 9.04. The van der Waals surface area contributed by atoms with Gasteiger partial charge in [0.2, 0.25) is 18.1 Å². The summed E-state index contributed by atoms with van der Waals surface area (Å²) in [5.74, 6) is -5.65. The minimum absolute atomic E-state index is 0. The number of benzene rings is 1. The van der Waals surface area contributed by atoms with Gasteiger partial charge in [-0.15, -0.1) is 12.4 Å². The van der Waals surface area contributed by atoms with E-state index in [1.165, 1.54) is 4.90 Å². The van der Waals surface area contributed by atoms with Crippen LogP contribution in [0.1, 0.15) is 23.5 Å². The van der Waals surface area contributed by atoms with Gasteiger partial charge in [0.25, 0.3) is 0 Å². The third-order valence-electron chi connectivity index (χ3n) is 4.82. The Hall–Kier alpha value is -2.80. The maximum Gasteiger partial charge on any atom is 0.449 e. The van der Waals surface area contributed by atoms with Gasteiger partial charge in [0.15, 0.2) is 17.5 Å². The molecule has 3 N–H and O–H groups in total. The van der Waals surface area contributed by atoms with Crippen LogP contribution >= 0.6 is 12.4 Å². The topological polar surface area (TPSA) is 93.2 Å². The number of hydrogen-bond acceptors (Lipinski definition) is 4. The highest BCUT2D eigenvalue weighted by Gasteiger charge is 2.40. The quantitative estimate of drug-likeness (QED) is 0.374. The lowest BCUT2D eigenvalue weighted by Crippen LogP contribution is -2.42. The summed E-state index contributed by atoms with van der Waals surface area (Å²) in [6, 6.07) is 0.0898. The van der Waals surface area contributed by atoms with Crippen LogP contribution in [-0.2, 0) is 35.3 Å². The molecule has 1 aliphatic rings. The van der Waals surface area contributed by atoms with E-state index in [0.717, 1.165) is 4.57 Å². The number of alkyl halides is 3. The zero-order chi connectivity index (χ0) is 22.9. The summed E-state index contributed by atoms with van der Waals surface area (Å²) in [5, 5.41) is 2.09. The molecule has 3 rings (SSSR count). The molecule has 0 fully saturated rings. The lowest BCUT2D eigenvalue weighted by molar-refractivity contribution is -0.148. The Kier molecular flexibility index (Phi) is 7.78. The minimum Gasteiger partial charge on any atom is -0.335 e. The van der Waals surface area contributed by atoms with Crippen molar-refractivity contribution >= 4 is 30.5 Å². The fraction of sp³-hybridized carbons (Fsp3) is 0.389. The van der Waals surface area contributed by atoms with Gasteiger partial charge < -0.3 is 20.5 Å². The van der Waals surface area contributed by atoms with E-state index in [1.54, 1.807) is 0 Å². The normalized spacial score (nSPS) is 14.4. The largest absolute Gasteiger partial charge is 0.449 e. The van der Waals surface area contributed by atoms with E-state index in [1.807, 2.05) is 0 Å². The Morgan fingerprint density at radius 2 is 1.84 bits per heavy atom. The fourth-order valence-electron chi connectivity index (χ4n) is 3.40. The van der Waals surface area contributed by atoms with Gasteiger partial charge in [-0.2, -0.15) is 13.2 Å². The number of amides is 2. The molecule has 2 amide bonds. The van der Waals surface area contributed by atoms with Crippen LogP contribution in [0.5, 0.6) is 0 Å². The molecule has 2 aromatic rings. The highest BCUT2D eigenvalue weighted by molar-refractivity contribution is 5.85. The third-order valence-corrected chi connectivity index (χ3v) is 4.82. The fourth-order valence-corrected chi connectivity index (χ4v) is 3.40. The van der Waals surface area contributed by atoms with Crippen LogP contribution in [0.3, 0.4) is 0 Å². The molecule has 1 aromatic carbocycles. The van der Waals surface area contributed by atoms with Crippen LogP contribution in [-0.4, -0.2) is 39.4 Å². The molecule has 0 saturated heterocycles. The standard InChI is InChI=1S/C18H17F6N5O2.ClH/c19-11-6-13(21)12(20)4-9(11)3-10(25)5-15(31)28-1-2-29-14(7-28)16(26-8-30)27-17(29)18(22,23)24;/h4,6,8,10H,1-3,5,7,25H2,(H,26,30);1H/t10-;/m1./s1. The molecule has 176 valence electrons. The van der Waals surface area contributed by atoms with Crippen molar-refractivity contribution in [1.29, 1.82) is 0 Å². The number of carbonyl (C=O) groups excluding carboxylic acids is 2. The first-order valence-electron chi connectivity index (χ1n) is 9.04. The van der Waals surface area contributed by atoms with Crippen LogP contribution in [0.4, 0.5) is 32.2 Å². The third kappa shape index (κ3) is 5.33. The molecule has 1 aromatic heterocycles. The number of halogens is 7. The Bertz CT molecular complexity index is 1010. The molecule has 0 aliphatic carbocycles. The van der Waals surface area contributed by atoms with Crippen molar-refractivity contribution in [2.24, 2.45) is 5.73 Å². The number of nitrogens with two attached hydrogens (primary N) is 1. The van der Waals surface area contributed by atoms with E-state index in [0.29, 0.717) is 12.1 Å². The molecule has 14 heteroatoms. The average molecular weight is 486 g/mol. The molecule has 0 unspecified atom stereocenters. The van der Waals surface area contributed by atoms with Gasteiger partial charge in [-0.05, 0) is 18.1 Å². The number of aromatic nitrogens is 2. The summed E-state index contributed by atoms with van der Waals surface area (Å²) < 4.78 is 80.5. The van der Waals surface area contributed by atoms with E-state index in [4.69, 9.17) is 5.73 Å². The molecule has 32 heavy (non-hydrogen) atoms. The predicted octanol–water partition coefficient (Wildman–Crippen LogP) is 2.61. The average Bonchev–Trinajstić information content (AvgIpc) is 3.04. The van der Waals surface area contributed by atoms with Crippen LogP contribution < -0.4 is 11.1 Å². The maximum absolute atomic E-state index is 13.8. The number of rotatable bonds is 6. The number of imidazole rings is 1. The highest BCUT2D eigenvalue weighted by atomic mass is 35.5. The van der Waals surface area contributed by atoms with E-state index in [9.17, 15) is 35.9 Å². The molecular weight excluding hydrogens is 468 g/mol.